The second-order valence-electron chi connectivity index (χ2n) is 6.01. The van der Waals surface area contributed by atoms with E-state index in [0.29, 0.717) is 22.4 Å². The Bertz CT molecular complexity index is 789. The van der Waals surface area contributed by atoms with Gasteiger partial charge in [0.1, 0.15) is 12.4 Å². The lowest BCUT2D eigenvalue weighted by Crippen LogP contribution is -2.19. The number of ether oxygens (including phenoxy) is 1. The van der Waals surface area contributed by atoms with Crippen LogP contribution in [-0.4, -0.2) is 33.5 Å². The van der Waals surface area contributed by atoms with E-state index in [1.54, 1.807) is 30.3 Å². The van der Waals surface area contributed by atoms with Crippen molar-refractivity contribution in [3.05, 3.63) is 69.7 Å². The Labute approximate surface area is 167 Å². The first-order valence-corrected chi connectivity index (χ1v) is 9.02. The number of carboxylic acid groups (broad SMARTS) is 1. The normalized spacial score (nSPS) is 13.5. The Morgan fingerprint density at radius 2 is 1.81 bits per heavy atom. The fraction of sp³-hybridized carbons (Fsp3) is 0.250. The second kappa shape index (κ2) is 10.3. The zero-order valence-corrected chi connectivity index (χ0v) is 15.9. The van der Waals surface area contributed by atoms with Gasteiger partial charge in [-0.3, -0.25) is 4.79 Å². The molecule has 27 heavy (non-hydrogen) atoms. The Morgan fingerprint density at radius 1 is 1.11 bits per heavy atom. The summed E-state index contributed by atoms with van der Waals surface area (Å²) in [6.07, 6.45) is 0.757. The van der Waals surface area contributed by atoms with Crippen LogP contribution < -0.4 is 4.74 Å². The molecule has 144 valence electrons. The van der Waals surface area contributed by atoms with Crippen LogP contribution in [0.25, 0.3) is 6.08 Å². The molecule has 0 amide bonds. The van der Waals surface area contributed by atoms with E-state index in [1.807, 2.05) is 18.2 Å². The van der Waals surface area contributed by atoms with Gasteiger partial charge >= 0.3 is 5.97 Å². The maximum absolute atomic E-state index is 10.5. The van der Waals surface area contributed by atoms with Gasteiger partial charge in [0.05, 0.1) is 18.6 Å². The number of hydrogen-bond acceptors (Lipinski definition) is 4. The van der Waals surface area contributed by atoms with Crippen molar-refractivity contribution >= 4 is 35.2 Å². The molecule has 0 aromatic heterocycles. The van der Waals surface area contributed by atoms with Gasteiger partial charge < -0.3 is 20.1 Å². The summed E-state index contributed by atoms with van der Waals surface area (Å²) in [5.74, 6) is -0.440. The number of carbonyl (C=O) groups is 1. The number of hydrogen-bond donors (Lipinski definition) is 3. The third kappa shape index (κ3) is 7.61. The number of rotatable bonds is 9. The zero-order chi connectivity index (χ0) is 19.8. The van der Waals surface area contributed by atoms with Crippen molar-refractivity contribution in [1.82, 2.24) is 0 Å². The van der Waals surface area contributed by atoms with E-state index in [9.17, 15) is 15.0 Å². The Kier molecular flexibility index (Phi) is 8.13. The summed E-state index contributed by atoms with van der Waals surface area (Å²) in [4.78, 5) is 10.5. The molecule has 5 nitrogen and oxygen atoms in total. The predicted octanol–water partition coefficient (Wildman–Crippen LogP) is 4.17. The highest BCUT2D eigenvalue weighted by atomic mass is 35.5. The van der Waals surface area contributed by atoms with Crippen LogP contribution in [0.15, 0.2) is 48.5 Å². The van der Waals surface area contributed by atoms with E-state index in [4.69, 9.17) is 33.0 Å². The van der Waals surface area contributed by atoms with Crippen LogP contribution >= 0.6 is 23.2 Å². The minimum Gasteiger partial charge on any atom is -0.489 e. The van der Waals surface area contributed by atoms with E-state index in [2.05, 4.69) is 0 Å². The number of carboxylic acids is 1. The van der Waals surface area contributed by atoms with Gasteiger partial charge in [-0.2, -0.15) is 0 Å². The molecule has 0 heterocycles. The third-order valence-corrected chi connectivity index (χ3v) is 4.31. The molecule has 0 fully saturated rings. The molecule has 2 atom stereocenters. The van der Waals surface area contributed by atoms with Crippen LogP contribution in [0, 0.1) is 0 Å². The largest absolute Gasteiger partial charge is 0.489 e. The molecule has 0 aliphatic carbocycles. The summed E-state index contributed by atoms with van der Waals surface area (Å²) >= 11 is 12.0. The summed E-state index contributed by atoms with van der Waals surface area (Å²) in [6.45, 7) is 0.311. The number of aliphatic hydroxyl groups is 2. The van der Waals surface area contributed by atoms with Crippen LogP contribution in [0.4, 0.5) is 0 Å². The van der Waals surface area contributed by atoms with E-state index in [-0.39, 0.29) is 6.42 Å². The molecule has 0 bridgehead atoms. The van der Waals surface area contributed by atoms with Gasteiger partial charge in [-0.25, -0.2) is 0 Å². The van der Waals surface area contributed by atoms with Crippen LogP contribution in [0.3, 0.4) is 0 Å². The van der Waals surface area contributed by atoms with Gasteiger partial charge in [-0.05, 0) is 29.8 Å². The maximum atomic E-state index is 10.5. The minimum atomic E-state index is -1.10. The molecule has 7 heteroatoms. The SMILES string of the molecule is O=C(O)CC(O)CC(O)/C=C/c1ccc(OCc2ccc(Cl)cc2Cl)cc1. The topological polar surface area (TPSA) is 87.0 Å². The molecule has 0 saturated heterocycles. The summed E-state index contributed by atoms with van der Waals surface area (Å²) in [5.41, 5.74) is 1.66. The quantitative estimate of drug-likeness (QED) is 0.577. The number of aliphatic hydroxyl groups excluding tert-OH is 2. The van der Waals surface area contributed by atoms with Gasteiger partial charge in [-0.15, -0.1) is 0 Å². The summed E-state index contributed by atoms with van der Waals surface area (Å²) in [5, 5.41) is 29.0. The fourth-order valence-electron chi connectivity index (χ4n) is 2.34. The molecular weight excluding hydrogens is 391 g/mol. The number of benzene rings is 2. The van der Waals surface area contributed by atoms with E-state index in [1.165, 1.54) is 6.08 Å². The molecule has 2 unspecified atom stereocenters. The number of aliphatic carboxylic acids is 1. The van der Waals surface area contributed by atoms with E-state index >= 15 is 0 Å². The summed E-state index contributed by atoms with van der Waals surface area (Å²) in [6, 6.07) is 12.4. The molecule has 0 aliphatic heterocycles. The van der Waals surface area contributed by atoms with Gasteiger partial charge in [0, 0.05) is 22.0 Å². The molecule has 0 radical (unpaired) electrons. The van der Waals surface area contributed by atoms with Gasteiger partial charge in [0.2, 0.25) is 0 Å². The Hall–Kier alpha value is -2.05. The highest BCUT2D eigenvalue weighted by Crippen LogP contribution is 2.23. The first-order chi connectivity index (χ1) is 12.8. The minimum absolute atomic E-state index is 0.0359. The molecule has 0 saturated carbocycles. The highest BCUT2D eigenvalue weighted by molar-refractivity contribution is 6.35. The van der Waals surface area contributed by atoms with Crippen molar-refractivity contribution in [3.8, 4) is 5.75 Å². The first-order valence-electron chi connectivity index (χ1n) is 8.26. The van der Waals surface area contributed by atoms with Crippen LogP contribution in [0.1, 0.15) is 24.0 Å². The first kappa shape index (κ1) is 21.3. The van der Waals surface area contributed by atoms with Crippen molar-refractivity contribution in [2.24, 2.45) is 0 Å². The van der Waals surface area contributed by atoms with Crippen molar-refractivity contribution in [3.63, 3.8) is 0 Å². The van der Waals surface area contributed by atoms with E-state index < -0.39 is 24.6 Å². The lowest BCUT2D eigenvalue weighted by atomic mass is 10.1. The van der Waals surface area contributed by atoms with Gasteiger partial charge in [-0.1, -0.05) is 53.6 Å². The molecule has 0 spiro atoms. The Balaban J connectivity index is 1.86. The van der Waals surface area contributed by atoms with Crippen molar-refractivity contribution in [2.75, 3.05) is 0 Å². The monoisotopic (exact) mass is 410 g/mol. The van der Waals surface area contributed by atoms with Crippen molar-refractivity contribution in [2.45, 2.75) is 31.7 Å². The molecule has 0 aliphatic rings. The van der Waals surface area contributed by atoms with Gasteiger partial charge in [0.25, 0.3) is 0 Å². The molecule has 2 aromatic rings. The molecular formula is C20H20Cl2O5. The molecule has 3 N–H and O–H groups in total. The van der Waals surface area contributed by atoms with Crippen LogP contribution in [0.2, 0.25) is 10.0 Å². The molecule has 2 rings (SSSR count). The average molecular weight is 411 g/mol. The van der Waals surface area contributed by atoms with Crippen molar-refractivity contribution < 1.29 is 24.9 Å². The lowest BCUT2D eigenvalue weighted by Gasteiger charge is -2.10. The number of halogens is 2. The lowest BCUT2D eigenvalue weighted by molar-refractivity contribution is -0.139. The maximum Gasteiger partial charge on any atom is 0.305 e. The average Bonchev–Trinajstić information content (AvgIpc) is 2.59. The highest BCUT2D eigenvalue weighted by Gasteiger charge is 2.13. The Morgan fingerprint density at radius 3 is 2.44 bits per heavy atom. The smallest absolute Gasteiger partial charge is 0.305 e. The second-order valence-corrected chi connectivity index (χ2v) is 6.85. The predicted molar refractivity (Wildman–Crippen MR) is 105 cm³/mol. The molecule has 2 aromatic carbocycles. The summed E-state index contributed by atoms with van der Waals surface area (Å²) in [7, 11) is 0. The van der Waals surface area contributed by atoms with Gasteiger partial charge in [0.15, 0.2) is 0 Å². The van der Waals surface area contributed by atoms with Crippen LogP contribution in [0.5, 0.6) is 5.75 Å². The zero-order valence-electron chi connectivity index (χ0n) is 14.4. The van der Waals surface area contributed by atoms with Crippen molar-refractivity contribution in [1.29, 1.82) is 0 Å². The summed E-state index contributed by atoms with van der Waals surface area (Å²) < 4.78 is 5.69. The van der Waals surface area contributed by atoms with E-state index in [0.717, 1.165) is 11.1 Å². The third-order valence-electron chi connectivity index (χ3n) is 3.72. The van der Waals surface area contributed by atoms with Crippen LogP contribution in [-0.2, 0) is 11.4 Å². The fourth-order valence-corrected chi connectivity index (χ4v) is 2.80. The standard InChI is InChI=1S/C20H20Cl2O5/c21-15-5-4-14(19(22)9-15)12-27-18-7-2-13(3-8-18)1-6-16(23)10-17(24)11-20(25)26/h1-9,16-17,23-24H,10-12H2,(H,25,26)/b6-1+.